The number of hydrogen-bond donors (Lipinski definition) is 0. The van der Waals surface area contributed by atoms with E-state index in [4.69, 9.17) is 0 Å². The molecule has 0 unspecified atom stereocenters. The van der Waals surface area contributed by atoms with Gasteiger partial charge in [-0.25, -0.2) is 9.50 Å². The minimum atomic E-state index is -1.25. The van der Waals surface area contributed by atoms with Crippen molar-refractivity contribution in [3.8, 4) is 10.4 Å². The molecule has 0 aliphatic rings. The van der Waals surface area contributed by atoms with Crippen LogP contribution in [-0.4, -0.2) is 20.6 Å². The first-order valence-corrected chi connectivity index (χ1v) is 5.67. The number of aromatic nitrogens is 3. The molecule has 7 heteroatoms. The number of carbonyl (C=O) groups is 1. The summed E-state index contributed by atoms with van der Waals surface area (Å²) in [6, 6.07) is 5.70. The fourth-order valence-corrected chi connectivity index (χ4v) is 2.39. The van der Waals surface area contributed by atoms with Gasteiger partial charge < -0.3 is 9.90 Å². The molecule has 0 radical (unpaired) electrons. The van der Waals surface area contributed by atoms with Gasteiger partial charge in [0, 0.05) is 18.0 Å². The Bertz CT molecular complexity index is 707. The van der Waals surface area contributed by atoms with Crippen LogP contribution in [0.2, 0.25) is 0 Å². The molecule has 3 aromatic rings. The van der Waals surface area contributed by atoms with E-state index in [0.29, 0.717) is 0 Å². The van der Waals surface area contributed by atoms with Crippen LogP contribution in [0.3, 0.4) is 0 Å². The molecule has 3 heterocycles. The van der Waals surface area contributed by atoms with Gasteiger partial charge in [-0.2, -0.15) is 5.10 Å². The maximum Gasteiger partial charge on any atom is 1.00 e. The molecule has 0 saturated carbocycles. The Kier molecular flexibility index (Phi) is 4.31. The van der Waals surface area contributed by atoms with Crippen LogP contribution >= 0.6 is 11.3 Å². The molecule has 0 aliphatic heterocycles. The van der Waals surface area contributed by atoms with Gasteiger partial charge in [0.25, 0.3) is 0 Å². The number of pyridine rings is 1. The molecule has 0 amide bonds. The Labute approximate surface area is 149 Å². The molecule has 0 bridgehead atoms. The van der Waals surface area contributed by atoms with Crippen LogP contribution < -0.4 is 56.5 Å². The molecule has 0 spiro atoms. The number of carboxylic acid groups (broad SMARTS) is 1. The van der Waals surface area contributed by atoms with Gasteiger partial charge in [-0.15, -0.1) is 11.3 Å². The van der Waals surface area contributed by atoms with E-state index in [2.05, 4.69) is 10.1 Å². The second kappa shape index (κ2) is 5.60. The van der Waals surface area contributed by atoms with E-state index >= 15 is 0 Å². The number of fused-ring (bicyclic) bond motifs is 1. The molecule has 3 rings (SSSR count). The van der Waals surface area contributed by atoms with Crippen molar-refractivity contribution in [2.45, 2.75) is 0 Å². The van der Waals surface area contributed by atoms with E-state index < -0.39 is 5.97 Å². The first kappa shape index (κ1) is 13.8. The van der Waals surface area contributed by atoms with Gasteiger partial charge in [0.1, 0.15) is 11.0 Å². The van der Waals surface area contributed by atoms with E-state index in [1.54, 1.807) is 10.7 Å². The summed E-state index contributed by atoms with van der Waals surface area (Å²) in [5.74, 6) is -1.25. The second-order valence-electron chi connectivity index (χ2n) is 3.41. The largest absolute Gasteiger partial charge is 1.00 e. The van der Waals surface area contributed by atoms with Crippen LogP contribution in [0.4, 0.5) is 0 Å². The zero-order valence-electron chi connectivity index (χ0n) is 9.53. The van der Waals surface area contributed by atoms with Crippen molar-refractivity contribution >= 4 is 22.8 Å². The molecule has 18 heavy (non-hydrogen) atoms. The Morgan fingerprint density at radius 1 is 1.33 bits per heavy atom. The molecular weight excluding hydrogens is 277 g/mol. The number of rotatable bonds is 2. The molecule has 0 fully saturated rings. The van der Waals surface area contributed by atoms with Crippen molar-refractivity contribution < 1.29 is 61.3 Å². The summed E-state index contributed by atoms with van der Waals surface area (Å²) < 4.78 is 1.73. The third kappa shape index (κ3) is 2.42. The number of hydrogen-bond acceptors (Lipinski definition) is 5. The predicted molar refractivity (Wildman–Crippen MR) is 60.6 cm³/mol. The molecule has 0 N–H and O–H groups in total. The fraction of sp³-hybridized carbons (Fsp3) is 0. The predicted octanol–water partition coefficient (Wildman–Crippen LogP) is -2.17. The minimum Gasteiger partial charge on any atom is -0.542 e. The maximum absolute atomic E-state index is 10.7. The molecule has 84 valence electrons. The van der Waals surface area contributed by atoms with Crippen molar-refractivity contribution in [2.75, 3.05) is 0 Å². The van der Waals surface area contributed by atoms with Crippen LogP contribution in [0.15, 0.2) is 36.8 Å². The molecular formula is C11H6KN3O2S. The quantitative estimate of drug-likeness (QED) is 0.502. The van der Waals surface area contributed by atoms with Crippen LogP contribution in [-0.2, 0) is 0 Å². The number of thiazole rings is 1. The zero-order chi connectivity index (χ0) is 11.8. The Hall–Kier alpha value is -0.574. The average molecular weight is 283 g/mol. The molecule has 0 saturated heterocycles. The molecule has 5 nitrogen and oxygen atoms in total. The van der Waals surface area contributed by atoms with E-state index in [1.165, 1.54) is 6.20 Å². The molecule has 3 aromatic heterocycles. The van der Waals surface area contributed by atoms with Gasteiger partial charge in [-0.3, -0.25) is 0 Å². The van der Waals surface area contributed by atoms with Crippen LogP contribution in [0.5, 0.6) is 0 Å². The smallest absolute Gasteiger partial charge is 0.542 e. The Morgan fingerprint density at radius 2 is 2.17 bits per heavy atom. The Balaban J connectivity index is 0.00000120. The number of aromatic carboxylic acids is 1. The molecule has 0 aliphatic carbocycles. The average Bonchev–Trinajstić information content (AvgIpc) is 2.95. The SMILES string of the molecule is O=C([O-])c1ncc(-c2cnn3ccccc23)s1.[K+]. The van der Waals surface area contributed by atoms with E-state index in [-0.39, 0.29) is 56.4 Å². The fourth-order valence-electron chi connectivity index (χ4n) is 1.62. The monoisotopic (exact) mass is 283 g/mol. The van der Waals surface area contributed by atoms with Gasteiger partial charge in [-0.1, -0.05) is 6.07 Å². The summed E-state index contributed by atoms with van der Waals surface area (Å²) in [5, 5.41) is 14.8. The minimum absolute atomic E-state index is 0. The van der Waals surface area contributed by atoms with E-state index in [1.807, 2.05) is 24.4 Å². The first-order chi connectivity index (χ1) is 8.25. The van der Waals surface area contributed by atoms with E-state index in [0.717, 1.165) is 27.3 Å². The zero-order valence-corrected chi connectivity index (χ0v) is 13.5. The first-order valence-electron chi connectivity index (χ1n) is 4.85. The summed E-state index contributed by atoms with van der Waals surface area (Å²) in [6.45, 7) is 0. The number of carboxylic acids is 1. The summed E-state index contributed by atoms with van der Waals surface area (Å²) in [5.41, 5.74) is 1.79. The van der Waals surface area contributed by atoms with Crippen molar-refractivity contribution in [1.82, 2.24) is 14.6 Å². The Morgan fingerprint density at radius 3 is 2.89 bits per heavy atom. The third-order valence-corrected chi connectivity index (χ3v) is 3.38. The van der Waals surface area contributed by atoms with Crippen molar-refractivity contribution in [3.05, 3.63) is 41.8 Å². The van der Waals surface area contributed by atoms with Crippen molar-refractivity contribution in [1.29, 1.82) is 0 Å². The summed E-state index contributed by atoms with van der Waals surface area (Å²) in [6.07, 6.45) is 5.06. The van der Waals surface area contributed by atoms with Crippen LogP contribution in [0.25, 0.3) is 16.0 Å². The summed E-state index contributed by atoms with van der Waals surface area (Å²) in [7, 11) is 0. The van der Waals surface area contributed by atoms with Gasteiger partial charge >= 0.3 is 51.4 Å². The standard InChI is InChI=1S/C11H7N3O2S.K/c15-11(16)10-12-6-9(17-10)7-5-13-14-4-2-1-3-8(7)14;/h1-6H,(H,15,16);/q;+1/p-1. The third-order valence-electron chi connectivity index (χ3n) is 2.37. The van der Waals surface area contributed by atoms with Crippen molar-refractivity contribution in [2.24, 2.45) is 0 Å². The van der Waals surface area contributed by atoms with Gasteiger partial charge in [0.15, 0.2) is 0 Å². The normalized spacial score (nSPS) is 10.2. The van der Waals surface area contributed by atoms with Gasteiger partial charge in [0.2, 0.25) is 0 Å². The van der Waals surface area contributed by atoms with Crippen molar-refractivity contribution in [3.63, 3.8) is 0 Å². The summed E-state index contributed by atoms with van der Waals surface area (Å²) in [4.78, 5) is 15.2. The van der Waals surface area contributed by atoms with Gasteiger partial charge in [0.05, 0.1) is 16.6 Å². The second-order valence-corrected chi connectivity index (χ2v) is 4.44. The van der Waals surface area contributed by atoms with E-state index in [9.17, 15) is 9.90 Å². The number of carbonyl (C=O) groups excluding carboxylic acids is 1. The van der Waals surface area contributed by atoms with Crippen LogP contribution in [0, 0.1) is 0 Å². The molecule has 0 aromatic carbocycles. The van der Waals surface area contributed by atoms with Gasteiger partial charge in [-0.05, 0) is 12.1 Å². The summed E-state index contributed by atoms with van der Waals surface area (Å²) >= 11 is 1.09. The van der Waals surface area contributed by atoms with Crippen LogP contribution in [0.1, 0.15) is 9.80 Å². The topological polar surface area (TPSA) is 70.3 Å². The number of nitrogens with zero attached hydrogens (tertiary/aromatic N) is 3. The molecule has 0 atom stereocenters. The maximum atomic E-state index is 10.7.